The molecule has 1 saturated carbocycles. The number of hydrazine groups is 1. The van der Waals surface area contributed by atoms with Crippen molar-refractivity contribution >= 4 is 5.96 Å². The van der Waals surface area contributed by atoms with Gasteiger partial charge in [-0.1, -0.05) is 0 Å². The van der Waals surface area contributed by atoms with Gasteiger partial charge in [0.2, 0.25) is 5.96 Å². The minimum atomic E-state index is 0.631. The smallest absolute Gasteiger partial charge is 0.208 e. The molecule has 0 saturated heterocycles. The molecule has 0 unspecified atom stereocenters. The van der Waals surface area contributed by atoms with Gasteiger partial charge in [-0.2, -0.15) is 0 Å². The number of guanidine groups is 1. The molecule has 0 aliphatic heterocycles. The van der Waals surface area contributed by atoms with Gasteiger partial charge in [0.25, 0.3) is 0 Å². The van der Waals surface area contributed by atoms with Crippen LogP contribution in [0.1, 0.15) is 19.8 Å². The number of hydrogen-bond donors (Lipinski definition) is 2. The molecule has 5 nitrogen and oxygen atoms in total. The average molecular weight is 214 g/mol. The first kappa shape index (κ1) is 12.3. The number of ether oxygens (including phenoxy) is 1. The second kappa shape index (κ2) is 6.63. The first-order valence-corrected chi connectivity index (χ1v) is 5.56. The number of rotatable bonds is 6. The third-order valence-corrected chi connectivity index (χ3v) is 2.54. The van der Waals surface area contributed by atoms with Gasteiger partial charge in [-0.3, -0.25) is 5.43 Å². The van der Waals surface area contributed by atoms with Gasteiger partial charge in [0.15, 0.2) is 0 Å². The second-order valence-electron chi connectivity index (χ2n) is 3.82. The lowest BCUT2D eigenvalue weighted by molar-refractivity contribution is 0.207. The Hall–Kier alpha value is -0.810. The van der Waals surface area contributed by atoms with E-state index in [1.54, 1.807) is 7.11 Å². The Morgan fingerprint density at radius 1 is 1.60 bits per heavy atom. The molecule has 0 aromatic heterocycles. The van der Waals surface area contributed by atoms with E-state index >= 15 is 0 Å². The fraction of sp³-hybridized carbons (Fsp3) is 0.900. The van der Waals surface area contributed by atoms with Crippen molar-refractivity contribution in [1.29, 1.82) is 0 Å². The average Bonchev–Trinajstić information content (AvgIpc) is 3.06. The van der Waals surface area contributed by atoms with Crippen molar-refractivity contribution in [2.45, 2.75) is 19.8 Å². The highest BCUT2D eigenvalue weighted by Crippen LogP contribution is 2.29. The summed E-state index contributed by atoms with van der Waals surface area (Å²) < 4.78 is 4.95. The predicted octanol–water partition coefficient (Wildman–Crippen LogP) is 0.184. The summed E-state index contributed by atoms with van der Waals surface area (Å²) in [6.07, 6.45) is 2.68. The van der Waals surface area contributed by atoms with Crippen molar-refractivity contribution in [2.75, 3.05) is 33.4 Å². The van der Waals surface area contributed by atoms with Crippen LogP contribution in [-0.2, 0) is 4.74 Å². The van der Waals surface area contributed by atoms with E-state index < -0.39 is 0 Å². The highest BCUT2D eigenvalue weighted by atomic mass is 16.5. The van der Waals surface area contributed by atoms with Crippen LogP contribution < -0.4 is 11.3 Å². The Morgan fingerprint density at radius 2 is 2.33 bits per heavy atom. The fourth-order valence-electron chi connectivity index (χ4n) is 1.46. The van der Waals surface area contributed by atoms with E-state index in [0.717, 1.165) is 25.0 Å². The summed E-state index contributed by atoms with van der Waals surface area (Å²) in [7, 11) is 1.67. The molecule has 15 heavy (non-hydrogen) atoms. The van der Waals surface area contributed by atoms with Crippen LogP contribution in [0, 0.1) is 5.92 Å². The molecule has 0 atom stereocenters. The highest BCUT2D eigenvalue weighted by molar-refractivity contribution is 5.79. The molecule has 0 aromatic carbocycles. The predicted molar refractivity (Wildman–Crippen MR) is 61.5 cm³/mol. The lowest BCUT2D eigenvalue weighted by atomic mass is 10.4. The molecule has 1 aliphatic rings. The Morgan fingerprint density at radius 3 is 2.80 bits per heavy atom. The van der Waals surface area contributed by atoms with Gasteiger partial charge in [0, 0.05) is 20.2 Å². The molecule has 1 aliphatic carbocycles. The zero-order valence-electron chi connectivity index (χ0n) is 9.70. The number of methoxy groups -OCH3 is 1. The number of hydrogen-bond acceptors (Lipinski definition) is 3. The van der Waals surface area contributed by atoms with E-state index in [9.17, 15) is 0 Å². The van der Waals surface area contributed by atoms with Crippen LogP contribution in [0.2, 0.25) is 0 Å². The zero-order valence-corrected chi connectivity index (χ0v) is 9.70. The van der Waals surface area contributed by atoms with Crippen LogP contribution in [0.25, 0.3) is 0 Å². The van der Waals surface area contributed by atoms with Gasteiger partial charge in [-0.15, -0.1) is 0 Å². The second-order valence-corrected chi connectivity index (χ2v) is 3.82. The molecule has 0 heterocycles. The van der Waals surface area contributed by atoms with Crippen LogP contribution in [0.5, 0.6) is 0 Å². The number of nitrogens with two attached hydrogens (primary N) is 1. The highest BCUT2D eigenvalue weighted by Gasteiger charge is 2.24. The Labute approximate surface area is 91.6 Å². The van der Waals surface area contributed by atoms with Crippen LogP contribution in [0.3, 0.4) is 0 Å². The molecule has 1 rings (SSSR count). The van der Waals surface area contributed by atoms with Gasteiger partial charge in [0.05, 0.1) is 13.2 Å². The minimum absolute atomic E-state index is 0.631. The first-order chi connectivity index (χ1) is 7.31. The largest absolute Gasteiger partial charge is 0.383 e. The number of nitrogens with zero attached hydrogens (tertiary/aromatic N) is 2. The normalized spacial score (nSPS) is 16.6. The molecule has 0 bridgehead atoms. The van der Waals surface area contributed by atoms with Crippen LogP contribution in [0.4, 0.5) is 0 Å². The van der Waals surface area contributed by atoms with Crippen LogP contribution in [-0.4, -0.2) is 44.2 Å². The number of nitrogens with one attached hydrogen (secondary N) is 1. The zero-order chi connectivity index (χ0) is 11.1. The van der Waals surface area contributed by atoms with E-state index in [1.807, 2.05) is 0 Å². The Balaban J connectivity index is 2.40. The van der Waals surface area contributed by atoms with Gasteiger partial charge >= 0.3 is 0 Å². The number of aliphatic imine (C=N–C) groups is 1. The van der Waals surface area contributed by atoms with Crippen LogP contribution >= 0.6 is 0 Å². The lowest BCUT2D eigenvalue weighted by Gasteiger charge is -2.23. The van der Waals surface area contributed by atoms with Gasteiger partial charge in [-0.05, 0) is 25.7 Å². The van der Waals surface area contributed by atoms with E-state index in [2.05, 4.69) is 22.2 Å². The van der Waals surface area contributed by atoms with E-state index in [-0.39, 0.29) is 0 Å². The summed E-state index contributed by atoms with van der Waals surface area (Å²) in [5.41, 5.74) is 2.67. The molecular weight excluding hydrogens is 192 g/mol. The molecule has 0 amide bonds. The third-order valence-electron chi connectivity index (χ3n) is 2.54. The quantitative estimate of drug-likeness (QED) is 0.218. The van der Waals surface area contributed by atoms with Gasteiger partial charge in [0.1, 0.15) is 0 Å². The monoisotopic (exact) mass is 214 g/mol. The topological polar surface area (TPSA) is 62.9 Å². The van der Waals surface area contributed by atoms with E-state index in [4.69, 9.17) is 10.6 Å². The molecule has 3 N–H and O–H groups in total. The van der Waals surface area contributed by atoms with Gasteiger partial charge < -0.3 is 9.64 Å². The third kappa shape index (κ3) is 4.48. The van der Waals surface area contributed by atoms with Crippen molar-refractivity contribution in [3.63, 3.8) is 0 Å². The summed E-state index contributed by atoms with van der Waals surface area (Å²) >= 11 is 0. The van der Waals surface area contributed by atoms with Crippen molar-refractivity contribution < 1.29 is 4.74 Å². The van der Waals surface area contributed by atoms with Crippen molar-refractivity contribution in [1.82, 2.24) is 10.3 Å². The fourth-order valence-corrected chi connectivity index (χ4v) is 1.46. The molecule has 88 valence electrons. The maximum atomic E-state index is 5.46. The van der Waals surface area contributed by atoms with Gasteiger partial charge in [-0.25, -0.2) is 10.8 Å². The summed E-state index contributed by atoms with van der Waals surface area (Å²) in [5, 5.41) is 0. The SMILES string of the molecule is CCN(CC1CC1)C(=NCCOC)NN. The first-order valence-electron chi connectivity index (χ1n) is 5.56. The standard InChI is InChI=1S/C10H22N4O/c1-3-14(8-9-4-5-9)10(13-11)12-6-7-15-2/h9H,3-8,11H2,1-2H3,(H,12,13). The molecule has 5 heteroatoms. The maximum absolute atomic E-state index is 5.46. The van der Waals surface area contributed by atoms with Crippen molar-refractivity contribution in [3.05, 3.63) is 0 Å². The van der Waals surface area contributed by atoms with E-state index in [1.165, 1.54) is 12.8 Å². The minimum Gasteiger partial charge on any atom is -0.383 e. The van der Waals surface area contributed by atoms with Crippen molar-refractivity contribution in [2.24, 2.45) is 16.8 Å². The van der Waals surface area contributed by atoms with E-state index in [0.29, 0.717) is 13.2 Å². The summed E-state index contributed by atoms with van der Waals surface area (Å²) in [6, 6.07) is 0. The summed E-state index contributed by atoms with van der Waals surface area (Å²) in [6.45, 7) is 5.40. The summed E-state index contributed by atoms with van der Waals surface area (Å²) in [4.78, 5) is 6.55. The molecule has 0 radical (unpaired) electrons. The van der Waals surface area contributed by atoms with Crippen molar-refractivity contribution in [3.8, 4) is 0 Å². The Kier molecular flexibility index (Phi) is 5.42. The molecule has 1 fully saturated rings. The lowest BCUT2D eigenvalue weighted by Crippen LogP contribution is -2.45. The van der Waals surface area contributed by atoms with Crippen LogP contribution in [0.15, 0.2) is 4.99 Å². The molecule has 0 aromatic rings. The molecular formula is C10H22N4O. The maximum Gasteiger partial charge on any atom is 0.208 e. The molecule has 0 spiro atoms. The summed E-state index contributed by atoms with van der Waals surface area (Å²) in [5.74, 6) is 7.08. The Bertz CT molecular complexity index is 204.